The molecule has 164 valence electrons. The van der Waals surface area contributed by atoms with E-state index in [1.165, 1.54) is 50.4 Å². The van der Waals surface area contributed by atoms with Crippen molar-refractivity contribution >= 4 is 11.0 Å². The number of halogens is 3. The van der Waals surface area contributed by atoms with E-state index in [0.29, 0.717) is 5.75 Å². The summed E-state index contributed by atoms with van der Waals surface area (Å²) in [6, 6.07) is 9.06. The van der Waals surface area contributed by atoms with Gasteiger partial charge in [-0.1, -0.05) is 0 Å². The first-order valence-electron chi connectivity index (χ1n) is 9.08. The summed E-state index contributed by atoms with van der Waals surface area (Å²) in [6.07, 6.45) is -5.04. The molecule has 0 saturated carbocycles. The van der Waals surface area contributed by atoms with Gasteiger partial charge < -0.3 is 18.6 Å². The van der Waals surface area contributed by atoms with Gasteiger partial charge in [-0.05, 0) is 43.3 Å². The van der Waals surface area contributed by atoms with Crippen molar-refractivity contribution < 1.29 is 31.8 Å². The maximum Gasteiger partial charge on any atom is 0.453 e. The Balaban J connectivity index is 1.80. The van der Waals surface area contributed by atoms with E-state index in [4.69, 9.17) is 18.6 Å². The van der Waals surface area contributed by atoms with Gasteiger partial charge >= 0.3 is 6.18 Å². The molecule has 0 fully saturated rings. The maximum absolute atomic E-state index is 13.6. The fourth-order valence-electron chi connectivity index (χ4n) is 2.99. The first-order valence-corrected chi connectivity index (χ1v) is 9.08. The van der Waals surface area contributed by atoms with Gasteiger partial charge in [-0.3, -0.25) is 14.4 Å². The van der Waals surface area contributed by atoms with Gasteiger partial charge in [0.2, 0.25) is 16.6 Å². The molecule has 0 radical (unpaired) electrons. The van der Waals surface area contributed by atoms with Crippen LogP contribution >= 0.6 is 0 Å². The lowest BCUT2D eigenvalue weighted by molar-refractivity contribution is -0.154. The zero-order valence-corrected chi connectivity index (χ0v) is 16.5. The topological polar surface area (TPSA) is 92.0 Å². The lowest BCUT2D eigenvalue weighted by Crippen LogP contribution is -2.34. The molecule has 1 heterocycles. The van der Waals surface area contributed by atoms with Gasteiger partial charge in [0.15, 0.2) is 5.75 Å². The predicted octanol–water partition coefficient (Wildman–Crippen LogP) is 4.31. The first kappa shape index (κ1) is 21.2. The van der Waals surface area contributed by atoms with Crippen LogP contribution in [0.5, 0.6) is 28.7 Å². The van der Waals surface area contributed by atoms with Crippen molar-refractivity contribution in [2.24, 2.45) is 0 Å². The Labute approximate surface area is 176 Å². The number of methoxy groups -OCH3 is 1. The van der Waals surface area contributed by atoms with Crippen LogP contribution in [0.2, 0.25) is 0 Å². The second-order valence-electron chi connectivity index (χ2n) is 6.74. The minimum absolute atomic E-state index is 0.0292. The molecule has 3 aromatic carbocycles. The summed E-state index contributed by atoms with van der Waals surface area (Å²) >= 11 is 0. The van der Waals surface area contributed by atoms with Gasteiger partial charge in [0, 0.05) is 11.6 Å². The lowest BCUT2D eigenvalue weighted by Gasteiger charge is -2.14. The second-order valence-corrected chi connectivity index (χ2v) is 6.74. The highest BCUT2D eigenvalue weighted by Gasteiger charge is 2.40. The Morgan fingerprint density at radius 3 is 1.97 bits per heavy atom. The molecule has 0 aliphatic carbocycles. The molecule has 32 heavy (non-hydrogen) atoms. The predicted molar refractivity (Wildman–Crippen MR) is 107 cm³/mol. The Kier molecular flexibility index (Phi) is 5.00. The third kappa shape index (κ3) is 3.59. The summed E-state index contributed by atoms with van der Waals surface area (Å²) in [5, 5.41) is -0.199. The van der Waals surface area contributed by atoms with Crippen molar-refractivity contribution in [3.63, 3.8) is 0 Å². The molecule has 0 unspecified atom stereocenters. The van der Waals surface area contributed by atoms with E-state index in [9.17, 15) is 27.6 Å². The Bertz CT molecular complexity index is 1460. The van der Waals surface area contributed by atoms with Crippen molar-refractivity contribution in [1.82, 2.24) is 0 Å². The van der Waals surface area contributed by atoms with Crippen molar-refractivity contribution in [2.75, 3.05) is 7.11 Å². The van der Waals surface area contributed by atoms with E-state index in [-0.39, 0.29) is 28.2 Å². The zero-order valence-electron chi connectivity index (χ0n) is 16.5. The van der Waals surface area contributed by atoms with Gasteiger partial charge in [-0.2, -0.15) is 13.2 Å². The zero-order chi connectivity index (χ0) is 23.2. The maximum atomic E-state index is 13.6. The summed E-state index contributed by atoms with van der Waals surface area (Å²) in [5.74, 6) is -2.53. The fraction of sp³-hybridized carbons (Fsp3) is 0.136. The molecule has 7 nitrogen and oxygen atoms in total. The molecule has 4 rings (SSSR count). The van der Waals surface area contributed by atoms with E-state index in [0.717, 1.165) is 6.07 Å². The molecule has 0 aliphatic rings. The van der Waals surface area contributed by atoms with Crippen LogP contribution in [0, 0.1) is 6.92 Å². The molecule has 0 atom stereocenters. The molecule has 10 heteroatoms. The quantitative estimate of drug-likeness (QED) is 0.422. The highest BCUT2D eigenvalue weighted by Crippen LogP contribution is 2.39. The van der Waals surface area contributed by atoms with Crippen molar-refractivity contribution in [3.05, 3.63) is 84.5 Å². The SMILES string of the molecule is COc1ccc(Oc2c(C(F)(F)F)oc3cc(Oc4c(C)c(=O)c4=O)ccc3c2=O)cc1. The van der Waals surface area contributed by atoms with Crippen LogP contribution in [-0.4, -0.2) is 7.11 Å². The molecule has 0 bridgehead atoms. The van der Waals surface area contributed by atoms with Crippen LogP contribution < -0.4 is 30.5 Å². The van der Waals surface area contributed by atoms with Gasteiger partial charge in [0.25, 0.3) is 11.2 Å². The van der Waals surface area contributed by atoms with E-state index in [1.54, 1.807) is 0 Å². The minimum Gasteiger partial charge on any atom is -0.497 e. The molecular weight excluding hydrogens is 433 g/mol. The summed E-state index contributed by atoms with van der Waals surface area (Å²) in [7, 11) is 1.42. The highest BCUT2D eigenvalue weighted by atomic mass is 19.4. The Hall–Kier alpha value is -4.08. The van der Waals surface area contributed by atoms with Crippen LogP contribution in [0.4, 0.5) is 13.2 Å². The molecule has 0 amide bonds. The Morgan fingerprint density at radius 1 is 0.781 bits per heavy atom. The monoisotopic (exact) mass is 446 g/mol. The van der Waals surface area contributed by atoms with Crippen LogP contribution in [0.1, 0.15) is 11.3 Å². The molecule has 0 N–H and O–H groups in total. The number of alkyl halides is 3. The summed E-state index contributed by atoms with van der Waals surface area (Å²) in [6.45, 7) is 1.38. The highest BCUT2D eigenvalue weighted by molar-refractivity contribution is 5.80. The van der Waals surface area contributed by atoms with Crippen LogP contribution in [0.3, 0.4) is 0 Å². The minimum atomic E-state index is -5.04. The normalized spacial score (nSPS) is 11.7. The summed E-state index contributed by atoms with van der Waals surface area (Å²) in [4.78, 5) is 35.7. The molecule has 0 aliphatic heterocycles. The van der Waals surface area contributed by atoms with Crippen LogP contribution in [0.15, 0.2) is 61.3 Å². The van der Waals surface area contributed by atoms with Crippen molar-refractivity contribution in [3.8, 4) is 28.7 Å². The fourth-order valence-corrected chi connectivity index (χ4v) is 2.99. The van der Waals surface area contributed by atoms with E-state index < -0.39 is 39.6 Å². The third-order valence-corrected chi connectivity index (χ3v) is 4.67. The average molecular weight is 446 g/mol. The number of hydrogen-bond acceptors (Lipinski definition) is 7. The van der Waals surface area contributed by atoms with E-state index >= 15 is 0 Å². The van der Waals surface area contributed by atoms with Crippen LogP contribution in [0.25, 0.3) is 11.0 Å². The number of fused-ring (bicyclic) bond motifs is 1. The van der Waals surface area contributed by atoms with Crippen LogP contribution in [-0.2, 0) is 6.18 Å². The second kappa shape index (κ2) is 7.56. The Morgan fingerprint density at radius 2 is 1.38 bits per heavy atom. The first-order chi connectivity index (χ1) is 15.1. The lowest BCUT2D eigenvalue weighted by atomic mass is 10.1. The number of ether oxygens (including phenoxy) is 3. The number of rotatable bonds is 5. The third-order valence-electron chi connectivity index (χ3n) is 4.67. The summed E-state index contributed by atoms with van der Waals surface area (Å²) in [5.41, 5.74) is -2.93. The van der Waals surface area contributed by atoms with E-state index in [2.05, 4.69) is 0 Å². The van der Waals surface area contributed by atoms with Gasteiger partial charge in [0.05, 0.1) is 12.5 Å². The number of benzene rings is 2. The smallest absolute Gasteiger partial charge is 0.453 e. The molecule has 0 spiro atoms. The van der Waals surface area contributed by atoms with Gasteiger partial charge in [-0.15, -0.1) is 0 Å². The summed E-state index contributed by atoms with van der Waals surface area (Å²) < 4.78 is 61.4. The molecule has 4 aromatic rings. The van der Waals surface area contributed by atoms with Gasteiger partial charge in [0.1, 0.15) is 22.8 Å². The van der Waals surface area contributed by atoms with Crippen molar-refractivity contribution in [2.45, 2.75) is 13.1 Å². The van der Waals surface area contributed by atoms with Crippen molar-refractivity contribution in [1.29, 1.82) is 0 Å². The number of hydrogen-bond donors (Lipinski definition) is 0. The van der Waals surface area contributed by atoms with E-state index in [1.807, 2.05) is 0 Å². The molecule has 1 aromatic heterocycles. The molecular formula is C22H13F3O7. The molecule has 0 saturated heterocycles. The largest absolute Gasteiger partial charge is 0.497 e. The standard InChI is InChI=1S/C22H13F3O7/c1-10-16(26)18(28)19(10)31-13-7-8-14-15(9-13)32-21(22(23,24)25)20(17(14)27)30-12-5-3-11(29-2)4-6-12/h3-9H,1-2H3. The average Bonchev–Trinajstić information content (AvgIpc) is 2.78. The van der Waals surface area contributed by atoms with Gasteiger partial charge in [-0.25, -0.2) is 0 Å².